The number of hydrogen-bond donors (Lipinski definition) is 1. The van der Waals surface area contributed by atoms with Gasteiger partial charge in [-0.05, 0) is 41.8 Å². The van der Waals surface area contributed by atoms with E-state index in [0.717, 1.165) is 51.8 Å². The van der Waals surface area contributed by atoms with Gasteiger partial charge < -0.3 is 5.32 Å². The molecule has 0 bridgehead atoms. The van der Waals surface area contributed by atoms with Crippen molar-refractivity contribution < 1.29 is 9.72 Å². The number of thiophene rings is 1. The number of benzene rings is 3. The second-order valence-electron chi connectivity index (χ2n) is 8.90. The Morgan fingerprint density at radius 3 is 2.51 bits per heavy atom. The average molecular weight is 527 g/mol. The summed E-state index contributed by atoms with van der Waals surface area (Å²) in [7, 11) is 0. The lowest BCUT2D eigenvalue weighted by Crippen LogP contribution is -2.29. The lowest BCUT2D eigenvalue weighted by Gasteiger charge is -2.27. The number of non-ortho nitro benzene ring substituents is 1. The molecule has 0 spiro atoms. The predicted molar refractivity (Wildman–Crippen MR) is 148 cm³/mol. The molecular formula is C28H22N4O3S2. The van der Waals surface area contributed by atoms with Crippen molar-refractivity contribution in [3.63, 3.8) is 0 Å². The van der Waals surface area contributed by atoms with Gasteiger partial charge in [0, 0.05) is 47.8 Å². The number of rotatable bonds is 6. The molecule has 0 fully saturated rings. The van der Waals surface area contributed by atoms with E-state index in [1.54, 1.807) is 22.7 Å². The molecule has 5 aromatic rings. The maximum absolute atomic E-state index is 13.2. The van der Waals surface area contributed by atoms with Crippen molar-refractivity contribution >= 4 is 49.5 Å². The van der Waals surface area contributed by atoms with E-state index < -0.39 is 4.92 Å². The van der Waals surface area contributed by atoms with E-state index in [0.29, 0.717) is 5.56 Å². The Hall–Kier alpha value is -3.92. The SMILES string of the molecule is O=C(Nc1sc2c(c1-c1nc3ccccc3s1)CCN(Cc1ccccc1)C2)c1ccc([N+](=O)[O-])cc1. The van der Waals surface area contributed by atoms with Crippen LogP contribution in [0.2, 0.25) is 0 Å². The molecule has 7 nitrogen and oxygen atoms in total. The van der Waals surface area contributed by atoms with Crippen molar-refractivity contribution in [2.45, 2.75) is 19.5 Å². The highest BCUT2D eigenvalue weighted by atomic mass is 32.1. The van der Waals surface area contributed by atoms with E-state index in [9.17, 15) is 14.9 Å². The minimum absolute atomic E-state index is 0.0446. The summed E-state index contributed by atoms with van der Waals surface area (Å²) in [6.45, 7) is 2.60. The lowest BCUT2D eigenvalue weighted by atomic mass is 10.0. The summed E-state index contributed by atoms with van der Waals surface area (Å²) in [6, 6.07) is 24.2. The molecule has 1 aliphatic rings. The van der Waals surface area contributed by atoms with E-state index in [-0.39, 0.29) is 11.6 Å². The molecule has 3 heterocycles. The first-order chi connectivity index (χ1) is 18.0. The third-order valence-corrected chi connectivity index (χ3v) is 8.65. The number of thiazole rings is 1. The number of carbonyl (C=O) groups is 1. The van der Waals surface area contributed by atoms with Gasteiger partial charge in [0.1, 0.15) is 10.0 Å². The van der Waals surface area contributed by atoms with Gasteiger partial charge in [0.25, 0.3) is 11.6 Å². The third-order valence-electron chi connectivity index (χ3n) is 6.46. The fraction of sp³-hybridized carbons (Fsp3) is 0.143. The normalized spacial score (nSPS) is 13.4. The van der Waals surface area contributed by atoms with E-state index in [1.807, 2.05) is 24.3 Å². The van der Waals surface area contributed by atoms with Gasteiger partial charge in [0.2, 0.25) is 0 Å². The molecule has 3 aromatic carbocycles. The highest BCUT2D eigenvalue weighted by Gasteiger charge is 2.28. The summed E-state index contributed by atoms with van der Waals surface area (Å²) in [4.78, 5) is 32.3. The van der Waals surface area contributed by atoms with Crippen molar-refractivity contribution in [1.29, 1.82) is 0 Å². The Morgan fingerprint density at radius 1 is 1.00 bits per heavy atom. The molecule has 2 aromatic heterocycles. The van der Waals surface area contributed by atoms with Gasteiger partial charge in [0.05, 0.1) is 15.1 Å². The fourth-order valence-electron chi connectivity index (χ4n) is 4.64. The Labute approximate surface area is 221 Å². The Kier molecular flexibility index (Phi) is 6.25. The largest absolute Gasteiger partial charge is 0.313 e. The zero-order valence-corrected chi connectivity index (χ0v) is 21.3. The van der Waals surface area contributed by atoms with Gasteiger partial charge in [-0.1, -0.05) is 42.5 Å². The smallest absolute Gasteiger partial charge is 0.269 e. The van der Waals surface area contributed by atoms with Crippen LogP contribution in [0.25, 0.3) is 20.8 Å². The molecule has 37 heavy (non-hydrogen) atoms. The van der Waals surface area contributed by atoms with Gasteiger partial charge >= 0.3 is 0 Å². The monoisotopic (exact) mass is 526 g/mol. The number of amides is 1. The third kappa shape index (κ3) is 4.76. The van der Waals surface area contributed by atoms with Crippen LogP contribution in [0.3, 0.4) is 0 Å². The summed E-state index contributed by atoms with van der Waals surface area (Å²) < 4.78 is 1.10. The summed E-state index contributed by atoms with van der Waals surface area (Å²) in [5, 5.41) is 15.8. The first kappa shape index (κ1) is 23.5. The fourth-order valence-corrected chi connectivity index (χ4v) is 7.03. The summed E-state index contributed by atoms with van der Waals surface area (Å²) in [5.74, 6) is -0.294. The first-order valence-corrected chi connectivity index (χ1v) is 13.5. The molecule has 0 atom stereocenters. The van der Waals surface area contributed by atoms with Crippen molar-refractivity contribution in [2.24, 2.45) is 0 Å². The number of fused-ring (bicyclic) bond motifs is 2. The molecule has 0 aliphatic carbocycles. The van der Waals surface area contributed by atoms with Gasteiger partial charge in [-0.25, -0.2) is 4.98 Å². The number of nitrogens with zero attached hydrogens (tertiary/aromatic N) is 3. The summed E-state index contributed by atoms with van der Waals surface area (Å²) >= 11 is 3.23. The molecule has 1 aliphatic heterocycles. The standard InChI is InChI=1S/C28H22N4O3S2/c33-26(19-10-12-20(13-11-19)32(34)35)30-28-25(27-29-22-8-4-5-9-23(22)36-27)21-14-15-31(17-24(21)37-28)16-18-6-2-1-3-7-18/h1-13H,14-17H2,(H,30,33). The minimum atomic E-state index is -0.471. The van der Waals surface area contributed by atoms with Crippen LogP contribution in [0.4, 0.5) is 10.7 Å². The maximum atomic E-state index is 13.2. The predicted octanol–water partition coefficient (Wildman–Crippen LogP) is 6.74. The van der Waals surface area contributed by atoms with Gasteiger partial charge in [0.15, 0.2) is 0 Å². The molecule has 1 amide bonds. The maximum Gasteiger partial charge on any atom is 0.269 e. The van der Waals surface area contributed by atoms with Crippen LogP contribution < -0.4 is 5.32 Å². The van der Waals surface area contributed by atoms with Crippen molar-refractivity contribution in [1.82, 2.24) is 9.88 Å². The van der Waals surface area contributed by atoms with E-state index >= 15 is 0 Å². The second kappa shape index (κ2) is 9.85. The van der Waals surface area contributed by atoms with Crippen molar-refractivity contribution in [3.8, 4) is 10.6 Å². The topological polar surface area (TPSA) is 88.4 Å². The number of hydrogen-bond acceptors (Lipinski definition) is 7. The van der Waals surface area contributed by atoms with Gasteiger partial charge in [-0.2, -0.15) is 0 Å². The van der Waals surface area contributed by atoms with Crippen LogP contribution in [0, 0.1) is 10.1 Å². The molecule has 184 valence electrons. The molecular weight excluding hydrogens is 504 g/mol. The highest BCUT2D eigenvalue weighted by molar-refractivity contribution is 7.23. The molecule has 9 heteroatoms. The second-order valence-corrected chi connectivity index (χ2v) is 11.0. The van der Waals surface area contributed by atoms with E-state index in [4.69, 9.17) is 4.98 Å². The lowest BCUT2D eigenvalue weighted by molar-refractivity contribution is -0.384. The van der Waals surface area contributed by atoms with Crippen LogP contribution in [0.5, 0.6) is 0 Å². The Bertz CT molecular complexity index is 1580. The number of nitrogens with one attached hydrogen (secondary N) is 1. The Morgan fingerprint density at radius 2 is 1.76 bits per heavy atom. The van der Waals surface area contributed by atoms with Crippen LogP contribution >= 0.6 is 22.7 Å². The average Bonchev–Trinajstić information content (AvgIpc) is 3.49. The number of anilines is 1. The quantitative estimate of drug-likeness (QED) is 0.195. The van der Waals surface area contributed by atoms with Crippen LogP contribution in [0.1, 0.15) is 26.4 Å². The number of para-hydroxylation sites is 1. The minimum Gasteiger partial charge on any atom is -0.313 e. The summed E-state index contributed by atoms with van der Waals surface area (Å²) in [5.41, 5.74) is 4.79. The highest BCUT2D eigenvalue weighted by Crippen LogP contribution is 2.46. The van der Waals surface area contributed by atoms with Crippen LogP contribution in [-0.2, 0) is 19.5 Å². The van der Waals surface area contributed by atoms with Crippen LogP contribution in [-0.4, -0.2) is 27.3 Å². The number of nitro benzene ring substituents is 1. The molecule has 0 radical (unpaired) electrons. The van der Waals surface area contributed by atoms with Crippen molar-refractivity contribution in [3.05, 3.63) is 111 Å². The van der Waals surface area contributed by atoms with E-state index in [1.165, 1.54) is 40.3 Å². The number of nitro groups is 1. The summed E-state index contributed by atoms with van der Waals surface area (Å²) in [6.07, 6.45) is 0.872. The van der Waals surface area contributed by atoms with Gasteiger partial charge in [-0.3, -0.25) is 19.8 Å². The number of carbonyl (C=O) groups excluding carboxylic acids is 1. The zero-order valence-electron chi connectivity index (χ0n) is 19.7. The Balaban J connectivity index is 1.35. The van der Waals surface area contributed by atoms with Gasteiger partial charge in [-0.15, -0.1) is 22.7 Å². The first-order valence-electron chi connectivity index (χ1n) is 11.9. The molecule has 1 N–H and O–H groups in total. The molecule has 0 saturated carbocycles. The van der Waals surface area contributed by atoms with Crippen molar-refractivity contribution in [2.75, 3.05) is 11.9 Å². The van der Waals surface area contributed by atoms with E-state index in [2.05, 4.69) is 40.5 Å². The van der Waals surface area contributed by atoms with Crippen LogP contribution in [0.15, 0.2) is 78.9 Å². The molecule has 6 rings (SSSR count). The zero-order chi connectivity index (χ0) is 25.4. The number of aromatic nitrogens is 1. The molecule has 0 saturated heterocycles. The molecule has 0 unspecified atom stereocenters.